The van der Waals surface area contributed by atoms with Gasteiger partial charge in [-0.2, -0.15) is 0 Å². The molecule has 0 radical (unpaired) electrons. The lowest BCUT2D eigenvalue weighted by molar-refractivity contribution is 0.0214. The molecule has 0 unspecified atom stereocenters. The molecule has 8 nitrogen and oxygen atoms in total. The molecule has 33 heavy (non-hydrogen) atoms. The Morgan fingerprint density at radius 3 is 2.45 bits per heavy atom. The van der Waals surface area contributed by atoms with Crippen LogP contribution in [-0.4, -0.2) is 71.9 Å². The molecule has 1 N–H and O–H groups in total. The topological polar surface area (TPSA) is 83.2 Å². The van der Waals surface area contributed by atoms with Crippen molar-refractivity contribution in [3.8, 4) is 0 Å². The lowest BCUT2D eigenvalue weighted by atomic mass is 9.96. The summed E-state index contributed by atoms with van der Waals surface area (Å²) in [5.41, 5.74) is 1.72. The van der Waals surface area contributed by atoms with E-state index in [0.29, 0.717) is 12.5 Å². The van der Waals surface area contributed by atoms with Crippen molar-refractivity contribution in [1.82, 2.24) is 20.3 Å². The van der Waals surface area contributed by atoms with Crippen molar-refractivity contribution in [2.24, 2.45) is 10.9 Å². The number of likely N-dealkylation sites (tertiary alicyclic amines) is 1. The van der Waals surface area contributed by atoms with Crippen LogP contribution in [-0.2, 0) is 11.2 Å². The van der Waals surface area contributed by atoms with Crippen LogP contribution in [0.15, 0.2) is 9.52 Å². The molecule has 0 aliphatic carbocycles. The van der Waals surface area contributed by atoms with Crippen LogP contribution in [0.5, 0.6) is 0 Å². The minimum atomic E-state index is -0.462. The number of amides is 1. The molecule has 2 rings (SSSR count). The second-order valence-electron chi connectivity index (χ2n) is 9.59. The van der Waals surface area contributed by atoms with Crippen LogP contribution in [0.1, 0.15) is 70.9 Å². The summed E-state index contributed by atoms with van der Waals surface area (Å²) in [6.07, 6.45) is 3.78. The zero-order chi connectivity index (χ0) is 23.7. The highest BCUT2D eigenvalue weighted by Crippen LogP contribution is 2.20. The summed E-state index contributed by atoms with van der Waals surface area (Å²) in [6, 6.07) is 0. The summed E-state index contributed by atoms with van der Waals surface area (Å²) in [4.78, 5) is 21.5. The zero-order valence-electron chi connectivity index (χ0n) is 21.6. The Hall–Kier alpha value is -1.52. The Bertz CT molecular complexity index is 732. The number of rotatable bonds is 8. The molecule has 0 bridgehead atoms. The molecule has 0 atom stereocenters. The van der Waals surface area contributed by atoms with Crippen LogP contribution < -0.4 is 5.32 Å². The first-order valence-corrected chi connectivity index (χ1v) is 12.1. The fourth-order valence-corrected chi connectivity index (χ4v) is 4.02. The quantitative estimate of drug-likeness (QED) is 0.207. The number of ether oxygens (including phenoxy) is 1. The van der Waals surface area contributed by atoms with Gasteiger partial charge in [0, 0.05) is 44.8 Å². The number of carbonyl (C=O) groups is 1. The zero-order valence-corrected chi connectivity index (χ0v) is 23.9. The Morgan fingerprint density at radius 2 is 1.94 bits per heavy atom. The molecular formula is C24H44IN5O3. The third kappa shape index (κ3) is 9.70. The van der Waals surface area contributed by atoms with Crippen molar-refractivity contribution >= 4 is 36.0 Å². The summed E-state index contributed by atoms with van der Waals surface area (Å²) < 4.78 is 10.8. The monoisotopic (exact) mass is 577 g/mol. The highest BCUT2D eigenvalue weighted by molar-refractivity contribution is 14.0. The SMILES string of the molecule is CCNC(=NCCCc1c(C)noc1C)N1CCC(CN(CC)C(=O)OC(C)(C)C)CC1.I. The van der Waals surface area contributed by atoms with E-state index in [4.69, 9.17) is 14.3 Å². The van der Waals surface area contributed by atoms with Gasteiger partial charge in [0.15, 0.2) is 5.96 Å². The van der Waals surface area contributed by atoms with Crippen LogP contribution >= 0.6 is 24.0 Å². The maximum Gasteiger partial charge on any atom is 0.410 e. The number of nitrogens with one attached hydrogen (secondary N) is 1. The predicted molar refractivity (Wildman–Crippen MR) is 143 cm³/mol. The van der Waals surface area contributed by atoms with Gasteiger partial charge < -0.3 is 24.4 Å². The number of carbonyl (C=O) groups excluding carboxylic acids is 1. The Balaban J connectivity index is 0.00000544. The van der Waals surface area contributed by atoms with Gasteiger partial charge in [0.05, 0.1) is 5.69 Å². The van der Waals surface area contributed by atoms with E-state index in [9.17, 15) is 4.79 Å². The van der Waals surface area contributed by atoms with Gasteiger partial charge in [-0.15, -0.1) is 24.0 Å². The molecular weight excluding hydrogens is 533 g/mol. The van der Waals surface area contributed by atoms with Crippen molar-refractivity contribution in [3.05, 3.63) is 17.0 Å². The number of nitrogens with zero attached hydrogens (tertiary/aromatic N) is 4. The first kappa shape index (κ1) is 29.5. The van der Waals surface area contributed by atoms with E-state index < -0.39 is 5.60 Å². The number of halogens is 1. The third-order valence-electron chi connectivity index (χ3n) is 5.79. The second-order valence-corrected chi connectivity index (χ2v) is 9.59. The molecule has 1 aliphatic heterocycles. The van der Waals surface area contributed by atoms with Crippen molar-refractivity contribution < 1.29 is 14.1 Å². The van der Waals surface area contributed by atoms with E-state index in [-0.39, 0.29) is 30.1 Å². The average Bonchev–Trinajstić information content (AvgIpc) is 3.05. The maximum atomic E-state index is 12.4. The Morgan fingerprint density at radius 1 is 1.27 bits per heavy atom. The van der Waals surface area contributed by atoms with Crippen molar-refractivity contribution in [2.45, 2.75) is 79.8 Å². The molecule has 1 amide bonds. The van der Waals surface area contributed by atoms with Gasteiger partial charge in [0.1, 0.15) is 11.4 Å². The van der Waals surface area contributed by atoms with Crippen molar-refractivity contribution in [2.75, 3.05) is 39.3 Å². The van der Waals surface area contributed by atoms with Crippen LogP contribution in [0.3, 0.4) is 0 Å². The maximum absolute atomic E-state index is 12.4. The third-order valence-corrected chi connectivity index (χ3v) is 5.79. The lowest BCUT2D eigenvalue weighted by Gasteiger charge is -2.36. The van der Waals surface area contributed by atoms with Gasteiger partial charge in [-0.05, 0) is 80.1 Å². The number of guanidine groups is 1. The molecule has 1 aromatic rings. The summed E-state index contributed by atoms with van der Waals surface area (Å²) in [5.74, 6) is 2.39. The Labute approximate surface area is 216 Å². The molecule has 1 aliphatic rings. The van der Waals surface area contributed by atoms with Gasteiger partial charge in [0.25, 0.3) is 0 Å². The number of aliphatic imine (C=N–C) groups is 1. The molecule has 1 aromatic heterocycles. The highest BCUT2D eigenvalue weighted by atomic mass is 127. The molecule has 0 saturated carbocycles. The van der Waals surface area contributed by atoms with E-state index in [1.807, 2.05) is 46.4 Å². The van der Waals surface area contributed by atoms with E-state index in [1.54, 1.807) is 0 Å². The normalized spacial score (nSPS) is 15.2. The van der Waals surface area contributed by atoms with E-state index in [2.05, 4.69) is 22.3 Å². The number of aromatic nitrogens is 1. The fourth-order valence-electron chi connectivity index (χ4n) is 4.02. The predicted octanol–water partition coefficient (Wildman–Crippen LogP) is 4.78. The summed E-state index contributed by atoms with van der Waals surface area (Å²) in [5, 5.41) is 7.47. The highest BCUT2D eigenvalue weighted by Gasteiger charge is 2.27. The van der Waals surface area contributed by atoms with Gasteiger partial charge in [-0.1, -0.05) is 5.16 Å². The number of piperidine rings is 1. The van der Waals surface area contributed by atoms with Crippen molar-refractivity contribution in [3.63, 3.8) is 0 Å². The van der Waals surface area contributed by atoms with Crippen LogP contribution in [0, 0.1) is 19.8 Å². The molecule has 2 heterocycles. The van der Waals surface area contributed by atoms with Gasteiger partial charge >= 0.3 is 6.09 Å². The largest absolute Gasteiger partial charge is 0.444 e. The van der Waals surface area contributed by atoms with Crippen LogP contribution in [0.25, 0.3) is 0 Å². The molecule has 0 aromatic carbocycles. The molecule has 9 heteroatoms. The molecule has 190 valence electrons. The summed E-state index contributed by atoms with van der Waals surface area (Å²) >= 11 is 0. The van der Waals surface area contributed by atoms with E-state index >= 15 is 0 Å². The minimum absolute atomic E-state index is 0. The van der Waals surface area contributed by atoms with E-state index in [1.165, 1.54) is 5.56 Å². The number of hydrogen-bond donors (Lipinski definition) is 1. The molecule has 1 fully saturated rings. The van der Waals surface area contributed by atoms with Crippen LogP contribution in [0.4, 0.5) is 4.79 Å². The summed E-state index contributed by atoms with van der Waals surface area (Å²) in [7, 11) is 0. The van der Waals surface area contributed by atoms with Crippen LogP contribution in [0.2, 0.25) is 0 Å². The summed E-state index contributed by atoms with van der Waals surface area (Å²) in [6.45, 7) is 18.8. The fraction of sp³-hybridized carbons (Fsp3) is 0.792. The van der Waals surface area contributed by atoms with E-state index in [0.717, 1.165) is 75.8 Å². The molecule has 0 spiro atoms. The smallest absolute Gasteiger partial charge is 0.410 e. The second kappa shape index (κ2) is 14.0. The first-order chi connectivity index (χ1) is 15.1. The molecule has 1 saturated heterocycles. The average molecular weight is 578 g/mol. The van der Waals surface area contributed by atoms with Crippen molar-refractivity contribution in [1.29, 1.82) is 0 Å². The first-order valence-electron chi connectivity index (χ1n) is 12.1. The minimum Gasteiger partial charge on any atom is -0.444 e. The number of hydrogen-bond acceptors (Lipinski definition) is 5. The number of aryl methyl sites for hydroxylation is 2. The lowest BCUT2D eigenvalue weighted by Crippen LogP contribution is -2.48. The van der Waals surface area contributed by atoms with Gasteiger partial charge in [-0.3, -0.25) is 4.99 Å². The standard InChI is InChI=1S/C24H43N5O3.HI/c1-8-25-22(26-14-10-11-21-18(3)27-32-19(21)4)29-15-12-20(13-16-29)17-28(9-2)23(30)31-24(5,6)7;/h20H,8-17H2,1-7H3,(H,25,26);1H. The Kier molecular flexibility index (Phi) is 12.5. The van der Waals surface area contributed by atoms with Gasteiger partial charge in [-0.25, -0.2) is 4.79 Å². The van der Waals surface area contributed by atoms with Gasteiger partial charge in [0.2, 0.25) is 0 Å².